The fraction of sp³-hybridized carbons (Fsp3) is 0.233. The molecule has 0 spiro atoms. The van der Waals surface area contributed by atoms with E-state index in [9.17, 15) is 31.5 Å². The predicted molar refractivity (Wildman–Crippen MR) is 157 cm³/mol. The molecule has 8 nitrogen and oxygen atoms in total. The lowest BCUT2D eigenvalue weighted by Crippen LogP contribution is -2.27. The number of anilines is 1. The zero-order valence-electron chi connectivity index (χ0n) is 23.2. The van der Waals surface area contributed by atoms with E-state index in [0.717, 1.165) is 0 Å². The molecule has 1 aliphatic heterocycles. The van der Waals surface area contributed by atoms with Gasteiger partial charge in [0.2, 0.25) is 5.91 Å². The molecule has 236 valence electrons. The Morgan fingerprint density at radius 2 is 1.69 bits per heavy atom. The third-order valence-electron chi connectivity index (χ3n) is 6.95. The number of aromatic nitrogens is 3. The fourth-order valence-electron chi connectivity index (χ4n) is 4.64. The highest BCUT2D eigenvalue weighted by molar-refractivity contribution is 6.35. The lowest BCUT2D eigenvalue weighted by atomic mass is 9.95. The van der Waals surface area contributed by atoms with E-state index in [1.165, 1.54) is 47.3 Å². The van der Waals surface area contributed by atoms with Crippen LogP contribution in [0.1, 0.15) is 37.9 Å². The number of hydrogen-bond acceptors (Lipinski definition) is 5. The number of carboxylic acids is 1. The van der Waals surface area contributed by atoms with Crippen LogP contribution in [0, 0.1) is 17.6 Å². The van der Waals surface area contributed by atoms with Crippen molar-refractivity contribution in [2.24, 2.45) is 5.92 Å². The average molecular weight is 669 g/mol. The molecule has 2 N–H and O–H groups in total. The van der Waals surface area contributed by atoms with E-state index in [2.05, 4.69) is 15.3 Å². The molecule has 2 aromatic heterocycles. The second-order valence-electron chi connectivity index (χ2n) is 10.0. The number of benzene rings is 2. The van der Waals surface area contributed by atoms with Crippen LogP contribution in [0.4, 0.5) is 27.6 Å². The smallest absolute Gasteiger partial charge is 0.475 e. The molecule has 5 rings (SSSR count). The molecular weight excluding hydrogens is 646 g/mol. The Morgan fingerprint density at radius 3 is 2.36 bits per heavy atom. The van der Waals surface area contributed by atoms with Gasteiger partial charge in [-0.25, -0.2) is 18.6 Å². The number of nitrogens with one attached hydrogen (secondary N) is 1. The Bertz CT molecular complexity index is 1820. The van der Waals surface area contributed by atoms with E-state index in [-0.39, 0.29) is 33.1 Å². The number of aliphatic carboxylic acids is 1. The molecule has 0 fully saturated rings. The molecule has 0 unspecified atom stereocenters. The molecule has 1 aliphatic rings. The number of carbonyl (C=O) groups is 2. The maximum Gasteiger partial charge on any atom is 0.490 e. The molecule has 0 radical (unpaired) electrons. The van der Waals surface area contributed by atoms with Gasteiger partial charge in [0.05, 0.1) is 39.4 Å². The fourth-order valence-corrected chi connectivity index (χ4v) is 5.04. The van der Waals surface area contributed by atoms with E-state index >= 15 is 0 Å². The summed E-state index contributed by atoms with van der Waals surface area (Å²) in [6.45, 7) is 1.82. The van der Waals surface area contributed by atoms with Crippen LogP contribution >= 0.6 is 23.2 Å². The molecule has 2 aromatic carbocycles. The number of fused-ring (bicyclic) bond motifs is 4. The Hall–Kier alpha value is -4.36. The number of rotatable bonds is 2. The van der Waals surface area contributed by atoms with Crippen molar-refractivity contribution < 1.29 is 36.6 Å². The minimum Gasteiger partial charge on any atom is -0.475 e. The summed E-state index contributed by atoms with van der Waals surface area (Å²) in [5, 5.41) is 9.98. The zero-order valence-corrected chi connectivity index (χ0v) is 24.7. The van der Waals surface area contributed by atoms with Gasteiger partial charge in [-0.05, 0) is 60.9 Å². The van der Waals surface area contributed by atoms with Crippen molar-refractivity contribution in [3.8, 4) is 22.4 Å². The van der Waals surface area contributed by atoms with E-state index in [4.69, 9.17) is 33.1 Å². The zero-order chi connectivity index (χ0) is 33.1. The van der Waals surface area contributed by atoms with Crippen LogP contribution in [0.3, 0.4) is 0 Å². The Labute approximate surface area is 262 Å². The Kier molecular flexibility index (Phi) is 10.2. The average Bonchev–Trinajstić information content (AvgIpc) is 2.98. The highest BCUT2D eigenvalue weighted by atomic mass is 35.5. The molecule has 2 bridgehead atoms. The normalized spacial score (nSPS) is 16.7. The summed E-state index contributed by atoms with van der Waals surface area (Å²) < 4.78 is 62.1. The van der Waals surface area contributed by atoms with Gasteiger partial charge in [-0.3, -0.25) is 19.1 Å². The second-order valence-corrected chi connectivity index (χ2v) is 10.9. The van der Waals surface area contributed by atoms with Gasteiger partial charge in [-0.15, -0.1) is 0 Å². The van der Waals surface area contributed by atoms with Crippen LogP contribution in [0.25, 0.3) is 22.4 Å². The highest BCUT2D eigenvalue weighted by Gasteiger charge is 2.38. The van der Waals surface area contributed by atoms with Crippen molar-refractivity contribution >= 4 is 40.8 Å². The third kappa shape index (κ3) is 7.84. The van der Waals surface area contributed by atoms with E-state index < -0.39 is 35.4 Å². The van der Waals surface area contributed by atoms with Gasteiger partial charge in [0.15, 0.2) is 5.82 Å². The van der Waals surface area contributed by atoms with Crippen molar-refractivity contribution in [3.05, 3.63) is 98.8 Å². The van der Waals surface area contributed by atoms with Crippen molar-refractivity contribution in [2.75, 3.05) is 5.32 Å². The van der Waals surface area contributed by atoms with Gasteiger partial charge in [-0.2, -0.15) is 13.2 Å². The number of alkyl halides is 3. The first-order valence-electron chi connectivity index (χ1n) is 13.3. The first-order valence-corrected chi connectivity index (χ1v) is 14.0. The quantitative estimate of drug-likeness (QED) is 0.169. The summed E-state index contributed by atoms with van der Waals surface area (Å²) in [4.78, 5) is 43.9. The van der Waals surface area contributed by atoms with Crippen molar-refractivity contribution in [1.29, 1.82) is 0 Å². The van der Waals surface area contributed by atoms with E-state index in [0.29, 0.717) is 41.8 Å². The van der Waals surface area contributed by atoms with Crippen LogP contribution in [-0.2, 0) is 9.59 Å². The van der Waals surface area contributed by atoms with Gasteiger partial charge in [0, 0.05) is 29.4 Å². The minimum absolute atomic E-state index is 0.0549. The summed E-state index contributed by atoms with van der Waals surface area (Å²) in [5.74, 6) is -4.46. The number of nitrogens with zero attached hydrogens (tertiary/aromatic N) is 3. The molecule has 0 saturated carbocycles. The maximum atomic E-state index is 14.7. The number of carboxylic acid groups (broad SMARTS) is 1. The first kappa shape index (κ1) is 33.5. The lowest BCUT2D eigenvalue weighted by Gasteiger charge is -2.23. The molecule has 1 amide bonds. The standard InChI is InChI=1S/C28H22Cl2F2N4O2.C2HF3O2/c1-15-3-2-4-24(36-14-34-23(13-25(36)37)26-19(29)6-7-20(30)27(26)32)22-11-16(9-10-33-22)18-12-17(31)5-8-21(18)35-28(15)38;3-2(4,5)1(6)7/h5-15,24H,2-4H2,1H3,(H,35,38);(H,6,7)/t15-,24+;/m1./s1. The largest absolute Gasteiger partial charge is 0.490 e. The molecule has 45 heavy (non-hydrogen) atoms. The number of halogens is 7. The molecule has 0 aliphatic carbocycles. The van der Waals surface area contributed by atoms with Crippen LogP contribution in [0.5, 0.6) is 0 Å². The van der Waals surface area contributed by atoms with Crippen molar-refractivity contribution in [2.45, 2.75) is 38.4 Å². The summed E-state index contributed by atoms with van der Waals surface area (Å²) in [6, 6.07) is 11.1. The van der Waals surface area contributed by atoms with Gasteiger partial charge >= 0.3 is 12.1 Å². The lowest BCUT2D eigenvalue weighted by molar-refractivity contribution is -0.192. The SMILES string of the molecule is C[C@@H]1CCC[C@H](n2cnc(-c3c(Cl)ccc(Cl)c3F)cc2=O)c2cc(ccn2)-c2cc(F)ccc2NC1=O.O=C(O)C(F)(F)F. The van der Waals surface area contributed by atoms with Gasteiger partial charge < -0.3 is 10.4 Å². The molecule has 3 heterocycles. The van der Waals surface area contributed by atoms with Crippen LogP contribution in [0.2, 0.25) is 10.0 Å². The summed E-state index contributed by atoms with van der Waals surface area (Å²) in [6.07, 6.45) is -0.511. The minimum atomic E-state index is -5.08. The van der Waals surface area contributed by atoms with Gasteiger partial charge in [0.25, 0.3) is 5.56 Å². The number of pyridine rings is 1. The van der Waals surface area contributed by atoms with E-state index in [1.807, 2.05) is 6.92 Å². The summed E-state index contributed by atoms with van der Waals surface area (Å²) in [5.41, 5.74) is 1.75. The molecular formula is C30H23Cl2F5N4O4. The number of carbonyl (C=O) groups excluding carboxylic acids is 1. The second kappa shape index (κ2) is 13.7. The Morgan fingerprint density at radius 1 is 1.00 bits per heavy atom. The summed E-state index contributed by atoms with van der Waals surface area (Å²) >= 11 is 12.1. The van der Waals surface area contributed by atoms with Crippen LogP contribution in [-0.4, -0.2) is 37.7 Å². The molecule has 15 heteroatoms. The molecule has 0 saturated heterocycles. The van der Waals surface area contributed by atoms with Crippen molar-refractivity contribution in [3.63, 3.8) is 0 Å². The summed E-state index contributed by atoms with van der Waals surface area (Å²) in [7, 11) is 0. The third-order valence-corrected chi connectivity index (χ3v) is 7.56. The van der Waals surface area contributed by atoms with Crippen molar-refractivity contribution in [1.82, 2.24) is 14.5 Å². The predicted octanol–water partition coefficient (Wildman–Crippen LogP) is 7.54. The van der Waals surface area contributed by atoms with Crippen LogP contribution in [0.15, 0.2) is 65.8 Å². The highest BCUT2D eigenvalue weighted by Crippen LogP contribution is 2.35. The molecule has 4 aromatic rings. The number of hydrogen-bond donors (Lipinski definition) is 2. The maximum absolute atomic E-state index is 14.7. The monoisotopic (exact) mass is 668 g/mol. The van der Waals surface area contributed by atoms with Gasteiger partial charge in [-0.1, -0.05) is 36.5 Å². The molecule has 2 atom stereocenters. The topological polar surface area (TPSA) is 114 Å². The van der Waals surface area contributed by atoms with Crippen LogP contribution < -0.4 is 10.9 Å². The first-order chi connectivity index (χ1) is 21.2. The van der Waals surface area contributed by atoms with Gasteiger partial charge in [0.1, 0.15) is 5.82 Å². The Balaban J connectivity index is 0.000000591. The van der Waals surface area contributed by atoms with E-state index in [1.54, 1.807) is 18.3 Å². The number of amides is 1.